The van der Waals surface area contributed by atoms with Crippen molar-refractivity contribution in [3.63, 3.8) is 0 Å². The summed E-state index contributed by atoms with van der Waals surface area (Å²) in [5, 5.41) is 8.36. The third-order valence-corrected chi connectivity index (χ3v) is 4.47. The second-order valence-corrected chi connectivity index (χ2v) is 6.19. The topological polar surface area (TPSA) is 64.9 Å². The largest absolute Gasteiger partial charge is 0.435 e. The van der Waals surface area contributed by atoms with Gasteiger partial charge in [0.1, 0.15) is 11.7 Å². The number of rotatable bonds is 3. The quantitative estimate of drug-likeness (QED) is 0.724. The maximum Gasteiger partial charge on any atom is 0.233 e. The number of nitrogens with one attached hydrogen (secondary N) is 1. The van der Waals surface area contributed by atoms with Crippen molar-refractivity contribution in [1.29, 1.82) is 0 Å². The number of hydrogen-bond acceptors (Lipinski definition) is 5. The Morgan fingerprint density at radius 2 is 1.81 bits per heavy atom. The molecule has 1 saturated heterocycles. The Balaban J connectivity index is 1.77. The second kappa shape index (κ2) is 6.56. The van der Waals surface area contributed by atoms with Crippen LogP contribution in [0.15, 0.2) is 18.5 Å². The van der Waals surface area contributed by atoms with Gasteiger partial charge in [0.15, 0.2) is 28.8 Å². The zero-order valence-electron chi connectivity index (χ0n) is 14.0. The van der Waals surface area contributed by atoms with Crippen molar-refractivity contribution < 1.29 is 17.9 Å². The molecule has 1 aliphatic rings. The first-order chi connectivity index (χ1) is 12.5. The summed E-state index contributed by atoms with van der Waals surface area (Å²) in [5.74, 6) is -3.89. The average molecular weight is 363 g/mol. The molecule has 6 nitrogen and oxygen atoms in total. The van der Waals surface area contributed by atoms with Crippen LogP contribution < -0.4 is 10.1 Å². The smallest absolute Gasteiger partial charge is 0.233 e. The minimum Gasteiger partial charge on any atom is -0.435 e. The van der Waals surface area contributed by atoms with Crippen molar-refractivity contribution in [3.05, 3.63) is 41.6 Å². The Hall–Kier alpha value is -2.68. The van der Waals surface area contributed by atoms with Gasteiger partial charge in [0.25, 0.3) is 0 Å². The van der Waals surface area contributed by atoms with Gasteiger partial charge >= 0.3 is 0 Å². The minimum absolute atomic E-state index is 0.0533. The third-order valence-electron chi connectivity index (χ3n) is 4.47. The number of nitrogens with zero attached hydrogens (tertiary/aromatic N) is 4. The molecule has 0 atom stereocenters. The number of aryl methyl sites for hydroxylation is 1. The van der Waals surface area contributed by atoms with Crippen LogP contribution in [0.3, 0.4) is 0 Å². The van der Waals surface area contributed by atoms with E-state index in [1.165, 1.54) is 6.33 Å². The van der Waals surface area contributed by atoms with E-state index in [0.717, 1.165) is 25.9 Å². The zero-order valence-corrected chi connectivity index (χ0v) is 14.0. The molecule has 26 heavy (non-hydrogen) atoms. The molecule has 9 heteroatoms. The Bertz CT molecular complexity index is 969. The fourth-order valence-electron chi connectivity index (χ4n) is 3.18. The molecule has 1 N–H and O–H groups in total. The maximum atomic E-state index is 13.9. The molecule has 0 saturated carbocycles. The molecule has 3 aromatic rings. The molecule has 1 fully saturated rings. The molecule has 3 heterocycles. The fraction of sp³-hybridized carbons (Fsp3) is 0.353. The van der Waals surface area contributed by atoms with Crippen LogP contribution in [0, 0.1) is 24.4 Å². The molecule has 4 rings (SSSR count). The van der Waals surface area contributed by atoms with Crippen LogP contribution in [0.25, 0.3) is 11.0 Å². The Kier molecular flexibility index (Phi) is 4.23. The van der Waals surface area contributed by atoms with Crippen LogP contribution in [-0.2, 0) is 0 Å². The van der Waals surface area contributed by atoms with E-state index < -0.39 is 23.2 Å². The summed E-state index contributed by atoms with van der Waals surface area (Å²) in [4.78, 5) is 8.33. The fourth-order valence-corrected chi connectivity index (χ4v) is 3.18. The first kappa shape index (κ1) is 16.8. The summed E-state index contributed by atoms with van der Waals surface area (Å²) in [7, 11) is 0. The molecular formula is C17H16F3N5O. The molecule has 0 unspecified atom stereocenters. The van der Waals surface area contributed by atoms with Gasteiger partial charge < -0.3 is 10.1 Å². The monoisotopic (exact) mass is 363 g/mol. The lowest BCUT2D eigenvalue weighted by atomic mass is 10.1. The molecule has 1 aromatic carbocycles. The number of piperidine rings is 1. The molecule has 0 amide bonds. The zero-order chi connectivity index (χ0) is 18.3. The van der Waals surface area contributed by atoms with E-state index in [9.17, 15) is 13.2 Å². The first-order valence-corrected chi connectivity index (χ1v) is 8.27. The summed E-state index contributed by atoms with van der Waals surface area (Å²) in [6, 6.07) is 1.29. The SMILES string of the molecule is Cc1nn(C2CCNCC2)c2ncnc(Oc3cc(F)c(F)cc3F)c12. The van der Waals surface area contributed by atoms with E-state index in [0.29, 0.717) is 28.9 Å². The van der Waals surface area contributed by atoms with Crippen molar-refractivity contribution >= 4 is 11.0 Å². The van der Waals surface area contributed by atoms with Gasteiger partial charge in [-0.25, -0.2) is 27.8 Å². The van der Waals surface area contributed by atoms with Gasteiger partial charge in [-0.3, -0.25) is 0 Å². The number of aromatic nitrogens is 4. The van der Waals surface area contributed by atoms with E-state index in [-0.39, 0.29) is 11.9 Å². The first-order valence-electron chi connectivity index (χ1n) is 8.27. The summed E-state index contributed by atoms with van der Waals surface area (Å²) in [6.07, 6.45) is 3.11. The van der Waals surface area contributed by atoms with Gasteiger partial charge in [-0.1, -0.05) is 0 Å². The molecule has 1 aliphatic heterocycles. The molecular weight excluding hydrogens is 347 g/mol. The summed E-state index contributed by atoms with van der Waals surface area (Å²) >= 11 is 0. The van der Waals surface area contributed by atoms with Crippen LogP contribution in [-0.4, -0.2) is 32.8 Å². The molecule has 0 radical (unpaired) electrons. The highest BCUT2D eigenvalue weighted by Crippen LogP contribution is 2.33. The Morgan fingerprint density at radius 1 is 1.08 bits per heavy atom. The van der Waals surface area contributed by atoms with E-state index in [2.05, 4.69) is 20.4 Å². The van der Waals surface area contributed by atoms with E-state index >= 15 is 0 Å². The van der Waals surface area contributed by atoms with Crippen molar-refractivity contribution in [3.8, 4) is 11.6 Å². The molecule has 0 spiro atoms. The second-order valence-electron chi connectivity index (χ2n) is 6.19. The summed E-state index contributed by atoms with van der Waals surface area (Å²) in [6.45, 7) is 3.55. The standard InChI is InChI=1S/C17H16F3N5O/c1-9-15-16(25(24-9)10-2-4-21-5-3-10)22-8-23-17(15)26-14-7-12(19)11(18)6-13(14)20/h6-8,10,21H,2-5H2,1H3. The van der Waals surface area contributed by atoms with E-state index in [4.69, 9.17) is 4.74 Å². The molecule has 2 aromatic heterocycles. The van der Waals surface area contributed by atoms with Gasteiger partial charge in [0.2, 0.25) is 5.88 Å². The van der Waals surface area contributed by atoms with Crippen molar-refractivity contribution in [2.75, 3.05) is 13.1 Å². The molecule has 0 bridgehead atoms. The maximum absolute atomic E-state index is 13.9. The minimum atomic E-state index is -1.28. The van der Waals surface area contributed by atoms with Gasteiger partial charge in [-0.05, 0) is 32.9 Å². The van der Waals surface area contributed by atoms with Crippen LogP contribution >= 0.6 is 0 Å². The van der Waals surface area contributed by atoms with Crippen molar-refractivity contribution in [2.24, 2.45) is 0 Å². The lowest BCUT2D eigenvalue weighted by Crippen LogP contribution is -2.30. The normalized spacial score (nSPS) is 15.5. The lowest BCUT2D eigenvalue weighted by molar-refractivity contribution is 0.348. The highest BCUT2D eigenvalue weighted by molar-refractivity contribution is 5.83. The van der Waals surface area contributed by atoms with Gasteiger partial charge in [0, 0.05) is 12.1 Å². The predicted octanol–water partition coefficient (Wildman–Crippen LogP) is 3.27. The Labute approximate surface area is 147 Å². The highest BCUT2D eigenvalue weighted by atomic mass is 19.2. The van der Waals surface area contributed by atoms with E-state index in [1.807, 2.05) is 4.68 Å². The van der Waals surface area contributed by atoms with Crippen molar-refractivity contribution in [2.45, 2.75) is 25.8 Å². The number of fused-ring (bicyclic) bond motifs is 1. The van der Waals surface area contributed by atoms with Crippen LogP contribution in [0.5, 0.6) is 11.6 Å². The average Bonchev–Trinajstić information content (AvgIpc) is 2.98. The number of hydrogen-bond donors (Lipinski definition) is 1. The van der Waals surface area contributed by atoms with Crippen LogP contribution in [0.4, 0.5) is 13.2 Å². The molecule has 0 aliphatic carbocycles. The number of ether oxygens (including phenoxy) is 1. The van der Waals surface area contributed by atoms with Gasteiger partial charge in [-0.15, -0.1) is 0 Å². The van der Waals surface area contributed by atoms with Gasteiger partial charge in [-0.2, -0.15) is 5.10 Å². The Morgan fingerprint density at radius 3 is 2.58 bits per heavy atom. The highest BCUT2D eigenvalue weighted by Gasteiger charge is 2.23. The summed E-state index contributed by atoms with van der Waals surface area (Å²) in [5.41, 5.74) is 1.19. The van der Waals surface area contributed by atoms with Gasteiger partial charge in [0.05, 0.1) is 11.7 Å². The van der Waals surface area contributed by atoms with Crippen LogP contribution in [0.1, 0.15) is 24.6 Å². The van der Waals surface area contributed by atoms with E-state index in [1.54, 1.807) is 6.92 Å². The number of benzene rings is 1. The number of halogens is 3. The van der Waals surface area contributed by atoms with Crippen molar-refractivity contribution in [1.82, 2.24) is 25.1 Å². The predicted molar refractivity (Wildman–Crippen MR) is 87.6 cm³/mol. The summed E-state index contributed by atoms with van der Waals surface area (Å²) < 4.78 is 47.7. The lowest BCUT2D eigenvalue weighted by Gasteiger charge is -2.23. The van der Waals surface area contributed by atoms with Crippen LogP contribution in [0.2, 0.25) is 0 Å². The third kappa shape index (κ3) is 2.88. The molecule has 136 valence electrons.